The first-order valence-corrected chi connectivity index (χ1v) is 10.0. The van der Waals surface area contributed by atoms with E-state index in [4.69, 9.17) is 9.47 Å². The first kappa shape index (κ1) is 19.9. The number of aromatic nitrogens is 1. The molecular weight excluding hydrogens is 378 g/mol. The van der Waals surface area contributed by atoms with Crippen LogP contribution in [0.3, 0.4) is 0 Å². The molecule has 2 heterocycles. The van der Waals surface area contributed by atoms with Gasteiger partial charge in [-0.15, -0.1) is 0 Å². The minimum absolute atomic E-state index is 0.116. The van der Waals surface area contributed by atoms with Crippen molar-refractivity contribution in [2.45, 2.75) is 12.5 Å². The molecule has 6 heteroatoms. The Kier molecular flexibility index (Phi) is 5.95. The summed E-state index contributed by atoms with van der Waals surface area (Å²) in [5.74, 6) is 1.91. The van der Waals surface area contributed by atoms with Crippen molar-refractivity contribution in [1.82, 2.24) is 15.2 Å². The van der Waals surface area contributed by atoms with Crippen molar-refractivity contribution in [3.05, 3.63) is 72.4 Å². The van der Waals surface area contributed by atoms with E-state index in [-0.39, 0.29) is 5.91 Å². The number of pyridine rings is 1. The zero-order valence-corrected chi connectivity index (χ0v) is 17.2. The predicted octanol–water partition coefficient (Wildman–Crippen LogP) is 3.52. The third-order valence-corrected chi connectivity index (χ3v) is 4.96. The second kappa shape index (κ2) is 8.97. The van der Waals surface area contributed by atoms with Gasteiger partial charge >= 0.3 is 0 Å². The fourth-order valence-electron chi connectivity index (χ4n) is 3.44. The fourth-order valence-corrected chi connectivity index (χ4v) is 3.44. The molecule has 154 valence electrons. The van der Waals surface area contributed by atoms with Gasteiger partial charge in [0.05, 0.1) is 0 Å². The SMILES string of the molecule is CN(C)CCNC(=O)C1Cc2c(-c3ccccc3Oc3ccccc3)ccnc2O1. The van der Waals surface area contributed by atoms with Crippen LogP contribution in [0.15, 0.2) is 66.9 Å². The van der Waals surface area contributed by atoms with Crippen LogP contribution in [0.1, 0.15) is 5.56 Å². The lowest BCUT2D eigenvalue weighted by Crippen LogP contribution is -2.40. The van der Waals surface area contributed by atoms with Gasteiger partial charge in [0.2, 0.25) is 5.88 Å². The Morgan fingerprint density at radius 1 is 1.10 bits per heavy atom. The van der Waals surface area contributed by atoms with Gasteiger partial charge in [0, 0.05) is 36.8 Å². The minimum Gasteiger partial charge on any atom is -0.464 e. The van der Waals surface area contributed by atoms with Crippen molar-refractivity contribution in [1.29, 1.82) is 0 Å². The van der Waals surface area contributed by atoms with Gasteiger partial charge in [-0.2, -0.15) is 0 Å². The summed E-state index contributed by atoms with van der Waals surface area (Å²) in [6.45, 7) is 1.36. The summed E-state index contributed by atoms with van der Waals surface area (Å²) < 4.78 is 12.0. The maximum Gasteiger partial charge on any atom is 0.261 e. The van der Waals surface area contributed by atoms with Gasteiger partial charge in [-0.05, 0) is 43.9 Å². The van der Waals surface area contributed by atoms with E-state index >= 15 is 0 Å². The molecule has 1 unspecified atom stereocenters. The number of amides is 1. The summed E-state index contributed by atoms with van der Waals surface area (Å²) in [7, 11) is 3.94. The van der Waals surface area contributed by atoms with Crippen LogP contribution >= 0.6 is 0 Å². The van der Waals surface area contributed by atoms with Crippen LogP contribution in [0, 0.1) is 0 Å². The van der Waals surface area contributed by atoms with E-state index in [2.05, 4.69) is 10.3 Å². The minimum atomic E-state index is -0.571. The first-order chi connectivity index (χ1) is 14.6. The molecule has 4 rings (SSSR count). The van der Waals surface area contributed by atoms with E-state index in [9.17, 15) is 4.79 Å². The van der Waals surface area contributed by atoms with E-state index in [0.29, 0.717) is 18.8 Å². The summed E-state index contributed by atoms with van der Waals surface area (Å²) >= 11 is 0. The second-order valence-electron chi connectivity index (χ2n) is 7.46. The number of ether oxygens (including phenoxy) is 2. The van der Waals surface area contributed by atoms with Gasteiger partial charge in [0.25, 0.3) is 5.91 Å². The Balaban J connectivity index is 1.57. The highest BCUT2D eigenvalue weighted by Crippen LogP contribution is 2.40. The highest BCUT2D eigenvalue weighted by molar-refractivity contribution is 5.84. The van der Waals surface area contributed by atoms with Crippen molar-refractivity contribution < 1.29 is 14.3 Å². The maximum atomic E-state index is 12.5. The molecule has 1 atom stereocenters. The molecule has 0 aliphatic carbocycles. The summed E-state index contributed by atoms with van der Waals surface area (Å²) in [6.07, 6.45) is 1.61. The van der Waals surface area contributed by atoms with Crippen molar-refractivity contribution >= 4 is 5.91 Å². The Morgan fingerprint density at radius 2 is 1.87 bits per heavy atom. The number of hydrogen-bond donors (Lipinski definition) is 1. The lowest BCUT2D eigenvalue weighted by atomic mass is 9.98. The van der Waals surface area contributed by atoms with Crippen molar-refractivity contribution in [2.24, 2.45) is 0 Å². The lowest BCUT2D eigenvalue weighted by molar-refractivity contribution is -0.127. The van der Waals surface area contributed by atoms with Gasteiger partial charge in [-0.3, -0.25) is 4.79 Å². The fraction of sp³-hybridized carbons (Fsp3) is 0.250. The highest BCUT2D eigenvalue weighted by Gasteiger charge is 2.32. The number of para-hydroxylation sites is 2. The zero-order valence-electron chi connectivity index (χ0n) is 17.2. The summed E-state index contributed by atoms with van der Waals surface area (Å²) in [4.78, 5) is 18.9. The van der Waals surface area contributed by atoms with E-state index in [1.165, 1.54) is 0 Å². The van der Waals surface area contributed by atoms with Crippen LogP contribution in [0.4, 0.5) is 0 Å². The van der Waals surface area contributed by atoms with Crippen LogP contribution in [-0.2, 0) is 11.2 Å². The van der Waals surface area contributed by atoms with Gasteiger partial charge in [-0.1, -0.05) is 36.4 Å². The molecule has 1 aliphatic heterocycles. The number of carbonyl (C=O) groups excluding carboxylic acids is 1. The van der Waals surface area contributed by atoms with Gasteiger partial charge in [0.15, 0.2) is 6.10 Å². The number of carbonyl (C=O) groups is 1. The molecule has 30 heavy (non-hydrogen) atoms. The quantitative estimate of drug-likeness (QED) is 0.654. The molecule has 1 aromatic heterocycles. The average molecular weight is 403 g/mol. The molecule has 0 radical (unpaired) electrons. The van der Waals surface area contributed by atoms with Gasteiger partial charge < -0.3 is 19.7 Å². The van der Waals surface area contributed by atoms with Crippen LogP contribution < -0.4 is 14.8 Å². The number of likely N-dealkylation sites (N-methyl/N-ethyl adjacent to an activating group) is 1. The summed E-state index contributed by atoms with van der Waals surface area (Å²) in [5.41, 5.74) is 2.83. The monoisotopic (exact) mass is 403 g/mol. The molecule has 1 aliphatic rings. The van der Waals surface area contributed by atoms with E-state index in [1.54, 1.807) is 6.20 Å². The van der Waals surface area contributed by atoms with Crippen LogP contribution in [0.25, 0.3) is 11.1 Å². The number of fused-ring (bicyclic) bond motifs is 1. The average Bonchev–Trinajstić information content (AvgIpc) is 3.19. The van der Waals surface area contributed by atoms with Gasteiger partial charge in [-0.25, -0.2) is 4.98 Å². The molecule has 1 N–H and O–H groups in total. The maximum absolute atomic E-state index is 12.5. The summed E-state index contributed by atoms with van der Waals surface area (Å²) in [6, 6.07) is 19.5. The molecule has 1 amide bonds. The van der Waals surface area contributed by atoms with Crippen LogP contribution in [-0.4, -0.2) is 49.1 Å². The largest absolute Gasteiger partial charge is 0.464 e. The Bertz CT molecular complexity index is 1020. The Hall–Kier alpha value is -3.38. The molecule has 0 saturated heterocycles. The summed E-state index contributed by atoms with van der Waals surface area (Å²) in [5, 5.41) is 2.94. The molecule has 2 aromatic carbocycles. The highest BCUT2D eigenvalue weighted by atomic mass is 16.5. The molecule has 0 spiro atoms. The first-order valence-electron chi connectivity index (χ1n) is 10.0. The van der Waals surface area contributed by atoms with E-state index < -0.39 is 6.10 Å². The van der Waals surface area contributed by atoms with Crippen molar-refractivity contribution in [2.75, 3.05) is 27.2 Å². The molecule has 3 aromatic rings. The van der Waals surface area contributed by atoms with Crippen LogP contribution in [0.2, 0.25) is 0 Å². The topological polar surface area (TPSA) is 63.7 Å². The van der Waals surface area contributed by atoms with Crippen LogP contribution in [0.5, 0.6) is 17.4 Å². The lowest BCUT2D eigenvalue weighted by Gasteiger charge is -2.13. The number of nitrogens with zero attached hydrogens (tertiary/aromatic N) is 2. The number of nitrogens with one attached hydrogen (secondary N) is 1. The third kappa shape index (κ3) is 4.44. The van der Waals surface area contributed by atoms with Gasteiger partial charge in [0.1, 0.15) is 11.5 Å². The number of benzene rings is 2. The number of hydrogen-bond acceptors (Lipinski definition) is 5. The number of rotatable bonds is 7. The molecule has 0 fully saturated rings. The van der Waals surface area contributed by atoms with E-state index in [0.717, 1.165) is 34.7 Å². The zero-order chi connectivity index (χ0) is 20.9. The third-order valence-electron chi connectivity index (χ3n) is 4.96. The normalized spacial score (nSPS) is 14.8. The Morgan fingerprint density at radius 3 is 2.67 bits per heavy atom. The van der Waals surface area contributed by atoms with Crippen molar-refractivity contribution in [3.8, 4) is 28.5 Å². The molecular formula is C24H25N3O3. The Labute approximate surface area is 176 Å². The molecule has 0 saturated carbocycles. The second-order valence-corrected chi connectivity index (χ2v) is 7.46. The molecule has 6 nitrogen and oxygen atoms in total. The standard InChI is InChI=1S/C24H25N3O3/c1-27(2)15-14-25-23(28)22-16-20-18(12-13-26-24(20)30-22)19-10-6-7-11-21(19)29-17-8-4-3-5-9-17/h3-13,22H,14-16H2,1-2H3,(H,25,28). The van der Waals surface area contributed by atoms with E-state index in [1.807, 2.05) is 79.7 Å². The smallest absolute Gasteiger partial charge is 0.261 e. The molecule has 0 bridgehead atoms. The van der Waals surface area contributed by atoms with Crippen molar-refractivity contribution in [3.63, 3.8) is 0 Å². The predicted molar refractivity (Wildman–Crippen MR) is 116 cm³/mol.